The Kier molecular flexibility index (Phi) is 17.0. The van der Waals surface area contributed by atoms with Crippen LogP contribution in [0.2, 0.25) is 0 Å². The van der Waals surface area contributed by atoms with Crippen LogP contribution in [0.5, 0.6) is 0 Å². The van der Waals surface area contributed by atoms with E-state index in [1.165, 1.54) is 38.5 Å². The molecule has 82 valence electrons. The third kappa shape index (κ3) is 14.7. The van der Waals surface area contributed by atoms with E-state index >= 15 is 0 Å². The zero-order valence-corrected chi connectivity index (χ0v) is 9.26. The summed E-state index contributed by atoms with van der Waals surface area (Å²) < 4.78 is 0. The van der Waals surface area contributed by atoms with Crippen molar-refractivity contribution in [3.8, 4) is 0 Å². The Morgan fingerprint density at radius 3 is 1.92 bits per heavy atom. The van der Waals surface area contributed by atoms with Crippen LogP contribution in [0.25, 0.3) is 0 Å². The highest BCUT2D eigenvalue weighted by molar-refractivity contribution is 4.57. The summed E-state index contributed by atoms with van der Waals surface area (Å²) in [5.74, 6) is 8.00. The van der Waals surface area contributed by atoms with Gasteiger partial charge in [-0.05, 0) is 12.8 Å². The third-order valence-corrected chi connectivity index (χ3v) is 2.20. The molecule has 6 N–H and O–H groups in total. The zero-order valence-electron chi connectivity index (χ0n) is 9.26. The average Bonchev–Trinajstić information content (AvgIpc) is 2.20. The topological polar surface area (TPSA) is 78.1 Å². The van der Waals surface area contributed by atoms with Crippen molar-refractivity contribution in [1.82, 2.24) is 0 Å². The van der Waals surface area contributed by atoms with E-state index in [9.17, 15) is 0 Å². The van der Waals surface area contributed by atoms with Gasteiger partial charge in [-0.25, -0.2) is 0 Å². The minimum atomic E-state index is 0.455. The number of hydrogen-bond donors (Lipinski definition) is 3. The van der Waals surface area contributed by atoms with E-state index in [1.54, 1.807) is 0 Å². The summed E-state index contributed by atoms with van der Waals surface area (Å²) in [6.45, 7) is 4.41. The standard InChI is InChI=1S/C10H23N.H4N2/c1-3-5-6-7-8-9-10(11)4-2;1-2/h10H,3-9,11H2,1-2H3;1-2H2. The van der Waals surface area contributed by atoms with Gasteiger partial charge in [0.1, 0.15) is 0 Å². The highest BCUT2D eigenvalue weighted by Gasteiger charge is 1.97. The largest absolute Gasteiger partial charge is 0.328 e. The molecule has 0 aliphatic carbocycles. The monoisotopic (exact) mass is 189 g/mol. The van der Waals surface area contributed by atoms with Crippen molar-refractivity contribution in [2.45, 2.75) is 64.8 Å². The van der Waals surface area contributed by atoms with E-state index in [0.29, 0.717) is 6.04 Å². The van der Waals surface area contributed by atoms with Crippen LogP contribution in [0.1, 0.15) is 58.8 Å². The van der Waals surface area contributed by atoms with Crippen molar-refractivity contribution in [3.05, 3.63) is 0 Å². The lowest BCUT2D eigenvalue weighted by Gasteiger charge is -2.06. The Morgan fingerprint density at radius 1 is 0.923 bits per heavy atom. The normalized spacial score (nSPS) is 11.8. The summed E-state index contributed by atoms with van der Waals surface area (Å²) in [5, 5.41) is 0. The number of rotatable bonds is 7. The average molecular weight is 189 g/mol. The molecule has 0 heterocycles. The van der Waals surface area contributed by atoms with E-state index in [2.05, 4.69) is 25.5 Å². The first-order chi connectivity index (χ1) is 6.31. The van der Waals surface area contributed by atoms with E-state index in [-0.39, 0.29) is 0 Å². The van der Waals surface area contributed by atoms with Crippen LogP contribution in [0.4, 0.5) is 0 Å². The Morgan fingerprint density at radius 2 is 1.46 bits per heavy atom. The molecule has 0 saturated heterocycles. The van der Waals surface area contributed by atoms with Crippen LogP contribution in [-0.2, 0) is 0 Å². The van der Waals surface area contributed by atoms with Crippen molar-refractivity contribution >= 4 is 0 Å². The Bertz CT molecular complexity index is 76.6. The predicted octanol–water partition coefficient (Wildman–Crippen LogP) is 1.90. The second-order valence-corrected chi connectivity index (χ2v) is 3.37. The summed E-state index contributed by atoms with van der Waals surface area (Å²) in [6, 6.07) is 0.455. The fraction of sp³-hybridized carbons (Fsp3) is 1.00. The maximum atomic E-state index is 5.79. The maximum Gasteiger partial charge on any atom is 0.00362 e. The third-order valence-electron chi connectivity index (χ3n) is 2.20. The molecule has 0 aromatic heterocycles. The molecule has 0 aliphatic rings. The van der Waals surface area contributed by atoms with Gasteiger partial charge in [0.15, 0.2) is 0 Å². The molecule has 0 radical (unpaired) electrons. The molecule has 0 aromatic rings. The van der Waals surface area contributed by atoms with E-state index in [4.69, 9.17) is 5.73 Å². The zero-order chi connectivity index (χ0) is 10.5. The van der Waals surface area contributed by atoms with Gasteiger partial charge in [-0.1, -0.05) is 46.0 Å². The molecular weight excluding hydrogens is 162 g/mol. The molecule has 1 atom stereocenters. The summed E-state index contributed by atoms with van der Waals surface area (Å²) in [5.41, 5.74) is 5.79. The highest BCUT2D eigenvalue weighted by atomic mass is 15.0. The predicted molar refractivity (Wildman–Crippen MR) is 60.0 cm³/mol. The van der Waals surface area contributed by atoms with Crippen LogP contribution in [0.3, 0.4) is 0 Å². The van der Waals surface area contributed by atoms with Gasteiger partial charge in [-0.15, -0.1) is 0 Å². The SMILES string of the molecule is CCCCCCCC(N)CC.NN. The fourth-order valence-electron chi connectivity index (χ4n) is 1.21. The number of nitrogens with two attached hydrogens (primary N) is 3. The van der Waals surface area contributed by atoms with Crippen LogP contribution in [0.15, 0.2) is 0 Å². The van der Waals surface area contributed by atoms with Crippen LogP contribution < -0.4 is 17.4 Å². The summed E-state index contributed by atoms with van der Waals surface area (Å²) in [6.07, 6.45) is 9.18. The van der Waals surface area contributed by atoms with Gasteiger partial charge in [0, 0.05) is 6.04 Å². The highest BCUT2D eigenvalue weighted by Crippen LogP contribution is 2.07. The quantitative estimate of drug-likeness (QED) is 0.325. The smallest absolute Gasteiger partial charge is 0.00362 e. The van der Waals surface area contributed by atoms with Crippen molar-refractivity contribution in [2.75, 3.05) is 0 Å². The fourth-order valence-corrected chi connectivity index (χ4v) is 1.21. The first-order valence-electron chi connectivity index (χ1n) is 5.40. The number of hydrazine groups is 1. The molecule has 13 heavy (non-hydrogen) atoms. The molecule has 0 fully saturated rings. The molecule has 0 bridgehead atoms. The van der Waals surface area contributed by atoms with E-state index < -0.39 is 0 Å². The van der Waals surface area contributed by atoms with Crippen molar-refractivity contribution < 1.29 is 0 Å². The Labute approximate surface area is 83.0 Å². The molecular formula is C10H27N3. The molecule has 3 nitrogen and oxygen atoms in total. The minimum absolute atomic E-state index is 0.455. The van der Waals surface area contributed by atoms with Crippen molar-refractivity contribution in [2.24, 2.45) is 17.4 Å². The number of hydrogen-bond acceptors (Lipinski definition) is 3. The molecule has 0 amide bonds. The molecule has 1 unspecified atom stereocenters. The lowest BCUT2D eigenvalue weighted by molar-refractivity contribution is 0.531. The maximum absolute atomic E-state index is 5.79. The molecule has 0 aromatic carbocycles. The van der Waals surface area contributed by atoms with E-state index in [0.717, 1.165) is 6.42 Å². The first-order valence-corrected chi connectivity index (χ1v) is 5.40. The van der Waals surface area contributed by atoms with Gasteiger partial charge in [0.25, 0.3) is 0 Å². The van der Waals surface area contributed by atoms with Crippen LogP contribution >= 0.6 is 0 Å². The lowest BCUT2D eigenvalue weighted by Crippen LogP contribution is -2.17. The molecule has 0 rings (SSSR count). The van der Waals surface area contributed by atoms with Crippen LogP contribution in [0, 0.1) is 0 Å². The van der Waals surface area contributed by atoms with E-state index in [1.807, 2.05) is 0 Å². The summed E-state index contributed by atoms with van der Waals surface area (Å²) in [4.78, 5) is 0. The number of unbranched alkanes of at least 4 members (excludes halogenated alkanes) is 4. The first kappa shape index (κ1) is 15.4. The molecule has 0 spiro atoms. The van der Waals surface area contributed by atoms with Gasteiger partial charge < -0.3 is 5.73 Å². The van der Waals surface area contributed by atoms with Gasteiger partial charge in [0.05, 0.1) is 0 Å². The van der Waals surface area contributed by atoms with Crippen LogP contribution in [-0.4, -0.2) is 6.04 Å². The van der Waals surface area contributed by atoms with Crippen molar-refractivity contribution in [1.29, 1.82) is 0 Å². The van der Waals surface area contributed by atoms with Gasteiger partial charge >= 0.3 is 0 Å². The molecule has 0 saturated carbocycles. The van der Waals surface area contributed by atoms with Gasteiger partial charge in [0.2, 0.25) is 0 Å². The van der Waals surface area contributed by atoms with Crippen molar-refractivity contribution in [3.63, 3.8) is 0 Å². The second-order valence-electron chi connectivity index (χ2n) is 3.37. The van der Waals surface area contributed by atoms with Gasteiger partial charge in [-0.3, -0.25) is 11.7 Å². The Balaban J connectivity index is 0. The minimum Gasteiger partial charge on any atom is -0.328 e. The second kappa shape index (κ2) is 14.4. The molecule has 0 aliphatic heterocycles. The lowest BCUT2D eigenvalue weighted by atomic mass is 10.1. The Hall–Kier alpha value is -0.120. The summed E-state index contributed by atoms with van der Waals surface area (Å²) in [7, 11) is 0. The molecule has 3 heteroatoms. The summed E-state index contributed by atoms with van der Waals surface area (Å²) >= 11 is 0. The van der Waals surface area contributed by atoms with Gasteiger partial charge in [-0.2, -0.15) is 0 Å².